The van der Waals surface area contributed by atoms with E-state index in [4.69, 9.17) is 0 Å². The van der Waals surface area contributed by atoms with Crippen LogP contribution in [0.15, 0.2) is 54.6 Å². The van der Waals surface area contributed by atoms with Gasteiger partial charge in [-0.05, 0) is 24.5 Å². The Morgan fingerprint density at radius 2 is 1.65 bits per heavy atom. The number of aliphatic hydroxyl groups excluding tert-OH is 1. The molecule has 0 spiro atoms. The zero-order valence-electron chi connectivity index (χ0n) is 13.4. The summed E-state index contributed by atoms with van der Waals surface area (Å²) in [6.45, 7) is 2.26. The van der Waals surface area contributed by atoms with Crippen molar-refractivity contribution in [1.29, 1.82) is 0 Å². The molecule has 4 nitrogen and oxygen atoms in total. The second-order valence-corrected chi connectivity index (χ2v) is 7.57. The van der Waals surface area contributed by atoms with Gasteiger partial charge in [0.05, 0.1) is 12.4 Å². The second-order valence-electron chi connectivity index (χ2n) is 5.60. The quantitative estimate of drug-likeness (QED) is 0.807. The van der Waals surface area contributed by atoms with Crippen molar-refractivity contribution in [2.24, 2.45) is 0 Å². The summed E-state index contributed by atoms with van der Waals surface area (Å²) in [5.74, 6) is -0.0382. The van der Waals surface area contributed by atoms with Crippen molar-refractivity contribution in [2.75, 3.05) is 19.7 Å². The van der Waals surface area contributed by atoms with Gasteiger partial charge in [-0.15, -0.1) is 0 Å². The van der Waals surface area contributed by atoms with E-state index in [0.717, 1.165) is 16.7 Å². The van der Waals surface area contributed by atoms with Gasteiger partial charge in [-0.1, -0.05) is 60.2 Å². The molecule has 124 valence electrons. The standard InChI is InChI=1S/C18H23NO3S/c1-16-6-5-9-18(14-16)15-23(21,22)19(12-13-20)11-10-17-7-3-2-4-8-17/h2-9,14,20H,10-13,15H2,1H3. The third-order valence-corrected chi connectivity index (χ3v) is 5.52. The summed E-state index contributed by atoms with van der Waals surface area (Å²) in [6, 6.07) is 17.3. The molecule has 0 saturated heterocycles. The molecule has 0 atom stereocenters. The van der Waals surface area contributed by atoms with Crippen LogP contribution in [0.2, 0.25) is 0 Å². The van der Waals surface area contributed by atoms with Gasteiger partial charge >= 0.3 is 0 Å². The van der Waals surface area contributed by atoms with Crippen molar-refractivity contribution in [3.63, 3.8) is 0 Å². The fourth-order valence-electron chi connectivity index (χ4n) is 2.50. The van der Waals surface area contributed by atoms with E-state index in [2.05, 4.69) is 0 Å². The first-order chi connectivity index (χ1) is 11.0. The zero-order chi connectivity index (χ0) is 16.7. The van der Waals surface area contributed by atoms with E-state index in [1.54, 1.807) is 0 Å². The van der Waals surface area contributed by atoms with Gasteiger partial charge < -0.3 is 5.11 Å². The highest BCUT2D eigenvalue weighted by Gasteiger charge is 2.21. The first-order valence-electron chi connectivity index (χ1n) is 7.69. The molecule has 2 aromatic rings. The van der Waals surface area contributed by atoms with Crippen LogP contribution >= 0.6 is 0 Å². The molecule has 1 N–H and O–H groups in total. The molecule has 0 saturated carbocycles. The van der Waals surface area contributed by atoms with Crippen LogP contribution in [0.4, 0.5) is 0 Å². The minimum absolute atomic E-state index is 0.0382. The lowest BCUT2D eigenvalue weighted by atomic mass is 10.1. The fraction of sp³-hybridized carbons (Fsp3) is 0.333. The van der Waals surface area contributed by atoms with Gasteiger partial charge in [-0.2, -0.15) is 4.31 Å². The Labute approximate surface area is 138 Å². The Morgan fingerprint density at radius 3 is 2.30 bits per heavy atom. The first-order valence-corrected chi connectivity index (χ1v) is 9.30. The summed E-state index contributed by atoms with van der Waals surface area (Å²) >= 11 is 0. The van der Waals surface area contributed by atoms with Crippen LogP contribution in [-0.4, -0.2) is 37.5 Å². The molecule has 0 amide bonds. The van der Waals surface area contributed by atoms with Crippen molar-refractivity contribution < 1.29 is 13.5 Å². The van der Waals surface area contributed by atoms with Crippen LogP contribution < -0.4 is 0 Å². The van der Waals surface area contributed by atoms with Gasteiger partial charge in [0, 0.05) is 13.1 Å². The molecule has 0 bridgehead atoms. The average Bonchev–Trinajstić information content (AvgIpc) is 2.52. The lowest BCUT2D eigenvalue weighted by Crippen LogP contribution is -2.36. The molecule has 0 aliphatic carbocycles. The summed E-state index contributed by atoms with van der Waals surface area (Å²) in [4.78, 5) is 0. The van der Waals surface area contributed by atoms with Crippen molar-refractivity contribution in [3.8, 4) is 0 Å². The summed E-state index contributed by atoms with van der Waals surface area (Å²) in [7, 11) is -3.45. The van der Waals surface area contributed by atoms with E-state index < -0.39 is 10.0 Å². The minimum Gasteiger partial charge on any atom is -0.395 e. The highest BCUT2D eigenvalue weighted by Crippen LogP contribution is 2.13. The Kier molecular flexibility index (Phi) is 6.33. The van der Waals surface area contributed by atoms with Crippen molar-refractivity contribution in [3.05, 3.63) is 71.3 Å². The average molecular weight is 333 g/mol. The Balaban J connectivity index is 2.08. The Morgan fingerprint density at radius 1 is 0.957 bits per heavy atom. The third kappa shape index (κ3) is 5.46. The lowest BCUT2D eigenvalue weighted by molar-refractivity contribution is 0.254. The smallest absolute Gasteiger partial charge is 0.218 e. The van der Waals surface area contributed by atoms with E-state index >= 15 is 0 Å². The van der Waals surface area contributed by atoms with Gasteiger partial charge in [0.1, 0.15) is 0 Å². The summed E-state index contributed by atoms with van der Waals surface area (Å²) < 4.78 is 26.7. The molecule has 0 aliphatic heterocycles. The third-order valence-electron chi connectivity index (χ3n) is 3.67. The van der Waals surface area contributed by atoms with Gasteiger partial charge in [0.2, 0.25) is 10.0 Å². The maximum absolute atomic E-state index is 12.6. The molecule has 0 fully saturated rings. The second kappa shape index (κ2) is 8.24. The largest absolute Gasteiger partial charge is 0.395 e. The maximum atomic E-state index is 12.6. The highest BCUT2D eigenvalue weighted by molar-refractivity contribution is 7.88. The van der Waals surface area contributed by atoms with Crippen LogP contribution in [0.25, 0.3) is 0 Å². The van der Waals surface area contributed by atoms with Crippen molar-refractivity contribution in [1.82, 2.24) is 4.31 Å². The maximum Gasteiger partial charge on any atom is 0.218 e. The molecule has 2 rings (SSSR count). The molecule has 5 heteroatoms. The van der Waals surface area contributed by atoms with Crippen LogP contribution in [0.3, 0.4) is 0 Å². The number of benzene rings is 2. The van der Waals surface area contributed by atoms with E-state index in [1.807, 2.05) is 61.5 Å². The molecule has 23 heavy (non-hydrogen) atoms. The monoisotopic (exact) mass is 333 g/mol. The van der Waals surface area contributed by atoms with Crippen molar-refractivity contribution in [2.45, 2.75) is 19.1 Å². The lowest BCUT2D eigenvalue weighted by Gasteiger charge is -2.21. The predicted molar refractivity (Wildman–Crippen MR) is 92.6 cm³/mol. The van der Waals surface area contributed by atoms with Gasteiger partial charge in [-0.25, -0.2) is 8.42 Å². The molecule has 0 aromatic heterocycles. The predicted octanol–water partition coefficient (Wildman–Crippen LogP) is 2.36. The molecule has 0 heterocycles. The number of hydrogen-bond donors (Lipinski definition) is 1. The number of hydrogen-bond acceptors (Lipinski definition) is 3. The zero-order valence-corrected chi connectivity index (χ0v) is 14.2. The van der Waals surface area contributed by atoms with Crippen molar-refractivity contribution >= 4 is 10.0 Å². The van der Waals surface area contributed by atoms with Crippen LogP contribution in [0.5, 0.6) is 0 Å². The van der Waals surface area contributed by atoms with E-state index in [0.29, 0.717) is 13.0 Å². The summed E-state index contributed by atoms with van der Waals surface area (Å²) in [5, 5.41) is 9.20. The molecular formula is C18H23NO3S. The van der Waals surface area contributed by atoms with E-state index in [1.165, 1.54) is 4.31 Å². The summed E-state index contributed by atoms with van der Waals surface area (Å²) in [5.41, 5.74) is 2.89. The van der Waals surface area contributed by atoms with Crippen LogP contribution in [0, 0.1) is 6.92 Å². The SMILES string of the molecule is Cc1cccc(CS(=O)(=O)N(CCO)CCc2ccccc2)c1. The van der Waals surface area contributed by atoms with Gasteiger partial charge in [-0.3, -0.25) is 0 Å². The molecule has 0 radical (unpaired) electrons. The van der Waals surface area contributed by atoms with Crippen LogP contribution in [0.1, 0.15) is 16.7 Å². The normalized spacial score (nSPS) is 11.8. The fourth-order valence-corrected chi connectivity index (χ4v) is 4.02. The molecule has 0 aliphatic rings. The Bertz CT molecular complexity index is 714. The van der Waals surface area contributed by atoms with E-state index in [-0.39, 0.29) is 18.9 Å². The van der Waals surface area contributed by atoms with Gasteiger partial charge in [0.15, 0.2) is 0 Å². The number of sulfonamides is 1. The van der Waals surface area contributed by atoms with Crippen LogP contribution in [-0.2, 0) is 22.2 Å². The number of rotatable bonds is 8. The first kappa shape index (κ1) is 17.7. The summed E-state index contributed by atoms with van der Waals surface area (Å²) in [6.07, 6.45) is 0.633. The topological polar surface area (TPSA) is 57.6 Å². The Hall–Kier alpha value is -1.69. The molecular weight excluding hydrogens is 310 g/mol. The van der Waals surface area contributed by atoms with Gasteiger partial charge in [0.25, 0.3) is 0 Å². The number of aryl methyl sites for hydroxylation is 1. The molecule has 2 aromatic carbocycles. The number of nitrogens with zero attached hydrogens (tertiary/aromatic N) is 1. The highest BCUT2D eigenvalue weighted by atomic mass is 32.2. The number of aliphatic hydroxyl groups is 1. The molecule has 0 unspecified atom stereocenters. The minimum atomic E-state index is -3.45. The van der Waals surface area contributed by atoms with E-state index in [9.17, 15) is 13.5 Å².